The van der Waals surface area contributed by atoms with Crippen molar-refractivity contribution in [1.82, 2.24) is 0 Å². The van der Waals surface area contributed by atoms with Gasteiger partial charge in [0.25, 0.3) is 0 Å². The largest absolute Gasteiger partial charge is 0.469 e. The second kappa shape index (κ2) is 8.53. The Bertz CT molecular complexity index is 715. The van der Waals surface area contributed by atoms with E-state index in [1.54, 1.807) is 6.08 Å². The van der Waals surface area contributed by atoms with Gasteiger partial charge in [0.15, 0.2) is 14.1 Å². The number of carbonyl (C=O) groups excluding carboxylic acids is 2. The Hall–Kier alpha value is -1.72. The third kappa shape index (κ3) is 5.17. The van der Waals surface area contributed by atoms with E-state index in [4.69, 9.17) is 9.16 Å². The molecule has 0 saturated carbocycles. The molecule has 0 radical (unpaired) electrons. The average molecular weight is 389 g/mol. The number of esters is 1. The standard InChI is InChI=1S/C22H32O4Si/c1-22(2,3)27(5,6)26-19-15-14-18(23)21(19)17-12-8-7-10-16(17)11-9-13-20(24)25-4/h7-8,10,12,14-15,19,21H,9,11,13H2,1-6H3/t19-,21-/m1/s1. The zero-order valence-corrected chi connectivity index (χ0v) is 18.4. The third-order valence-electron chi connectivity index (χ3n) is 5.77. The quantitative estimate of drug-likeness (QED) is 0.497. The lowest BCUT2D eigenvalue weighted by Gasteiger charge is -2.39. The lowest BCUT2D eigenvalue weighted by molar-refractivity contribution is -0.140. The smallest absolute Gasteiger partial charge is 0.305 e. The van der Waals surface area contributed by atoms with Crippen LogP contribution in [0.4, 0.5) is 0 Å². The summed E-state index contributed by atoms with van der Waals surface area (Å²) in [4.78, 5) is 24.1. The van der Waals surface area contributed by atoms with Crippen molar-refractivity contribution in [1.29, 1.82) is 0 Å². The molecule has 0 heterocycles. The molecule has 0 fully saturated rings. The molecular formula is C22H32O4Si. The highest BCUT2D eigenvalue weighted by Crippen LogP contribution is 2.41. The van der Waals surface area contributed by atoms with Crippen molar-refractivity contribution >= 4 is 20.1 Å². The van der Waals surface area contributed by atoms with Crippen LogP contribution < -0.4 is 0 Å². The number of methoxy groups -OCH3 is 1. The van der Waals surface area contributed by atoms with E-state index in [0.717, 1.165) is 17.5 Å². The number of carbonyl (C=O) groups is 2. The van der Waals surface area contributed by atoms with Crippen LogP contribution >= 0.6 is 0 Å². The van der Waals surface area contributed by atoms with E-state index >= 15 is 0 Å². The fraction of sp³-hybridized carbons (Fsp3) is 0.545. The molecule has 2 rings (SSSR count). The molecule has 0 aliphatic heterocycles. The number of hydrogen-bond donors (Lipinski definition) is 0. The van der Waals surface area contributed by atoms with Gasteiger partial charge in [-0.2, -0.15) is 0 Å². The molecule has 1 aliphatic rings. The second-order valence-electron chi connectivity index (χ2n) is 8.71. The monoisotopic (exact) mass is 388 g/mol. The van der Waals surface area contributed by atoms with Gasteiger partial charge in [-0.3, -0.25) is 9.59 Å². The maximum atomic E-state index is 12.7. The van der Waals surface area contributed by atoms with Crippen LogP contribution in [0.1, 0.15) is 50.7 Å². The van der Waals surface area contributed by atoms with E-state index < -0.39 is 8.32 Å². The zero-order chi connectivity index (χ0) is 20.2. The van der Waals surface area contributed by atoms with Crippen molar-refractivity contribution in [2.75, 3.05) is 7.11 Å². The predicted molar refractivity (Wildman–Crippen MR) is 110 cm³/mol. The summed E-state index contributed by atoms with van der Waals surface area (Å²) in [5.74, 6) is -0.405. The fourth-order valence-corrected chi connectivity index (χ4v) is 4.36. The van der Waals surface area contributed by atoms with Gasteiger partial charge >= 0.3 is 5.97 Å². The molecule has 148 valence electrons. The molecule has 2 atom stereocenters. The molecule has 1 aromatic rings. The van der Waals surface area contributed by atoms with Gasteiger partial charge in [-0.1, -0.05) is 51.1 Å². The molecule has 5 heteroatoms. The Morgan fingerprint density at radius 2 is 1.85 bits per heavy atom. The van der Waals surface area contributed by atoms with Gasteiger partial charge in [-0.15, -0.1) is 0 Å². The van der Waals surface area contributed by atoms with Gasteiger partial charge < -0.3 is 9.16 Å². The van der Waals surface area contributed by atoms with Crippen molar-refractivity contribution in [2.45, 2.75) is 70.2 Å². The van der Waals surface area contributed by atoms with Crippen LogP contribution in [0, 0.1) is 0 Å². The van der Waals surface area contributed by atoms with Gasteiger partial charge in [0, 0.05) is 6.42 Å². The molecule has 0 aromatic heterocycles. The molecule has 1 aromatic carbocycles. The predicted octanol–water partition coefficient (Wildman–Crippen LogP) is 4.80. The summed E-state index contributed by atoms with van der Waals surface area (Å²) < 4.78 is 11.3. The highest BCUT2D eigenvalue weighted by molar-refractivity contribution is 6.74. The summed E-state index contributed by atoms with van der Waals surface area (Å²) in [6, 6.07) is 8.01. The first-order valence-corrected chi connectivity index (χ1v) is 12.5. The summed E-state index contributed by atoms with van der Waals surface area (Å²) in [7, 11) is -0.597. The topological polar surface area (TPSA) is 52.6 Å². The summed E-state index contributed by atoms with van der Waals surface area (Å²) in [6.45, 7) is 11.0. The van der Waals surface area contributed by atoms with E-state index in [-0.39, 0.29) is 28.8 Å². The summed E-state index contributed by atoms with van der Waals surface area (Å²) in [5, 5.41) is 0.0804. The van der Waals surface area contributed by atoms with Crippen LogP contribution in [0.15, 0.2) is 36.4 Å². The Kier molecular flexibility index (Phi) is 6.81. The number of ketones is 1. The molecule has 0 amide bonds. The molecule has 0 N–H and O–H groups in total. The molecule has 27 heavy (non-hydrogen) atoms. The number of aryl methyl sites for hydroxylation is 1. The lowest BCUT2D eigenvalue weighted by atomic mass is 9.88. The molecular weight excluding hydrogens is 356 g/mol. The first kappa shape index (κ1) is 21.6. The van der Waals surface area contributed by atoms with Crippen molar-refractivity contribution in [3.63, 3.8) is 0 Å². The van der Waals surface area contributed by atoms with Gasteiger partial charge in [0.05, 0.1) is 19.1 Å². The van der Waals surface area contributed by atoms with E-state index in [1.807, 2.05) is 30.3 Å². The van der Waals surface area contributed by atoms with Crippen LogP contribution in [0.25, 0.3) is 0 Å². The molecule has 0 spiro atoms. The van der Waals surface area contributed by atoms with Crippen LogP contribution in [0.3, 0.4) is 0 Å². The Morgan fingerprint density at radius 3 is 2.48 bits per heavy atom. The number of allylic oxidation sites excluding steroid dienone is 1. The molecule has 4 nitrogen and oxygen atoms in total. The van der Waals surface area contributed by atoms with Gasteiger partial charge in [-0.05, 0) is 48.2 Å². The lowest BCUT2D eigenvalue weighted by Crippen LogP contribution is -2.44. The van der Waals surface area contributed by atoms with Crippen LogP contribution in [-0.2, 0) is 25.2 Å². The van der Waals surface area contributed by atoms with Gasteiger partial charge in [0.2, 0.25) is 0 Å². The molecule has 0 saturated heterocycles. The summed E-state index contributed by atoms with van der Waals surface area (Å²) >= 11 is 0. The Morgan fingerprint density at radius 1 is 1.19 bits per heavy atom. The summed E-state index contributed by atoms with van der Waals surface area (Å²) in [5.41, 5.74) is 2.12. The number of rotatable bonds is 7. The minimum atomic E-state index is -2.00. The highest BCUT2D eigenvalue weighted by atomic mass is 28.4. The Balaban J connectivity index is 2.22. The average Bonchev–Trinajstić information content (AvgIpc) is 2.94. The summed E-state index contributed by atoms with van der Waals surface area (Å²) in [6.07, 6.45) is 5.17. The van der Waals surface area contributed by atoms with Gasteiger partial charge in [-0.25, -0.2) is 0 Å². The Labute approximate surface area is 164 Å². The van der Waals surface area contributed by atoms with Gasteiger partial charge in [0.1, 0.15) is 0 Å². The number of ether oxygens (including phenoxy) is 1. The third-order valence-corrected chi connectivity index (χ3v) is 10.2. The van der Waals surface area contributed by atoms with Crippen molar-refractivity contribution in [3.05, 3.63) is 47.5 Å². The first-order valence-electron chi connectivity index (χ1n) is 9.61. The molecule has 0 unspecified atom stereocenters. The van der Waals surface area contributed by atoms with E-state index in [1.165, 1.54) is 7.11 Å². The zero-order valence-electron chi connectivity index (χ0n) is 17.4. The van der Waals surface area contributed by atoms with Crippen molar-refractivity contribution in [2.24, 2.45) is 0 Å². The van der Waals surface area contributed by atoms with Crippen LogP contribution in [-0.4, -0.2) is 33.3 Å². The normalized spacial score (nSPS) is 20.1. The van der Waals surface area contributed by atoms with E-state index in [9.17, 15) is 9.59 Å². The minimum Gasteiger partial charge on any atom is -0.469 e. The number of benzene rings is 1. The first-order chi connectivity index (χ1) is 12.6. The second-order valence-corrected chi connectivity index (χ2v) is 13.5. The van der Waals surface area contributed by atoms with Crippen LogP contribution in [0.5, 0.6) is 0 Å². The van der Waals surface area contributed by atoms with Crippen molar-refractivity contribution < 1.29 is 18.8 Å². The minimum absolute atomic E-state index is 0.0804. The molecule has 1 aliphatic carbocycles. The highest BCUT2D eigenvalue weighted by Gasteiger charge is 2.43. The molecule has 0 bridgehead atoms. The maximum Gasteiger partial charge on any atom is 0.305 e. The van der Waals surface area contributed by atoms with E-state index in [2.05, 4.69) is 33.9 Å². The van der Waals surface area contributed by atoms with Crippen molar-refractivity contribution in [3.8, 4) is 0 Å². The maximum absolute atomic E-state index is 12.7. The van der Waals surface area contributed by atoms with E-state index in [0.29, 0.717) is 12.8 Å². The van der Waals surface area contributed by atoms with Crippen LogP contribution in [0.2, 0.25) is 18.1 Å². The fourth-order valence-electron chi connectivity index (χ4n) is 3.11. The number of hydrogen-bond acceptors (Lipinski definition) is 4. The SMILES string of the molecule is COC(=O)CCCc1ccccc1[C@@H]1C(=O)C=C[C@H]1O[Si](C)(C)C(C)(C)C.